The van der Waals surface area contributed by atoms with Crippen molar-refractivity contribution in [3.05, 3.63) is 81.5 Å². The molecule has 3 rings (SSSR count). The number of ether oxygens (including phenoxy) is 1. The van der Waals surface area contributed by atoms with Gasteiger partial charge >= 0.3 is 5.97 Å². The van der Waals surface area contributed by atoms with Crippen LogP contribution in [0.2, 0.25) is 5.02 Å². The maximum Gasteiger partial charge on any atom is 0.353 e. The molecule has 0 bridgehead atoms. The van der Waals surface area contributed by atoms with Crippen molar-refractivity contribution < 1.29 is 14.3 Å². The van der Waals surface area contributed by atoms with Gasteiger partial charge in [0.15, 0.2) is 0 Å². The minimum absolute atomic E-state index is 0.256. The van der Waals surface area contributed by atoms with Crippen LogP contribution in [0.4, 0.5) is 5.69 Å². The van der Waals surface area contributed by atoms with Crippen LogP contribution < -0.4 is 10.1 Å². The lowest BCUT2D eigenvalue weighted by Crippen LogP contribution is -2.12. The Morgan fingerprint density at radius 3 is 2.29 bits per heavy atom. The van der Waals surface area contributed by atoms with E-state index >= 15 is 0 Å². The zero-order chi connectivity index (χ0) is 16.9. The third kappa shape index (κ3) is 4.01. The predicted octanol–water partition coefficient (Wildman–Crippen LogP) is 4.87. The molecule has 0 saturated carbocycles. The number of esters is 1. The number of thiophene rings is 1. The maximum atomic E-state index is 12.2. The molecule has 0 aliphatic carbocycles. The van der Waals surface area contributed by atoms with Gasteiger partial charge in [-0.25, -0.2) is 4.79 Å². The van der Waals surface area contributed by atoms with E-state index in [0.717, 1.165) is 0 Å². The minimum atomic E-state index is -0.414. The highest BCUT2D eigenvalue weighted by Crippen LogP contribution is 2.18. The fourth-order valence-electron chi connectivity index (χ4n) is 1.96. The summed E-state index contributed by atoms with van der Waals surface area (Å²) in [6, 6.07) is 16.7. The van der Waals surface area contributed by atoms with E-state index in [1.54, 1.807) is 66.0 Å². The molecule has 0 radical (unpaired) electrons. The van der Waals surface area contributed by atoms with Crippen molar-refractivity contribution >= 4 is 40.5 Å². The van der Waals surface area contributed by atoms with Gasteiger partial charge in [-0.2, -0.15) is 0 Å². The van der Waals surface area contributed by atoms with Gasteiger partial charge < -0.3 is 10.1 Å². The Balaban J connectivity index is 1.64. The summed E-state index contributed by atoms with van der Waals surface area (Å²) in [7, 11) is 0. The fourth-order valence-corrected chi connectivity index (χ4v) is 2.69. The number of hydrogen-bond acceptors (Lipinski definition) is 4. The van der Waals surface area contributed by atoms with Crippen LogP contribution in [0, 0.1) is 0 Å². The van der Waals surface area contributed by atoms with Crippen LogP contribution in [0.15, 0.2) is 66.0 Å². The Bertz CT molecular complexity index is 843. The van der Waals surface area contributed by atoms with E-state index in [2.05, 4.69) is 5.32 Å². The first-order valence-electron chi connectivity index (χ1n) is 7.04. The van der Waals surface area contributed by atoms with E-state index in [1.807, 2.05) is 0 Å². The summed E-state index contributed by atoms with van der Waals surface area (Å²) in [6.07, 6.45) is 0. The van der Waals surface area contributed by atoms with Gasteiger partial charge in [0.1, 0.15) is 10.6 Å². The summed E-state index contributed by atoms with van der Waals surface area (Å²) in [5.41, 5.74) is 1.11. The molecule has 0 fully saturated rings. The van der Waals surface area contributed by atoms with Crippen molar-refractivity contribution in [1.29, 1.82) is 0 Å². The van der Waals surface area contributed by atoms with Gasteiger partial charge in [0, 0.05) is 16.3 Å². The standard InChI is InChI=1S/C18H12ClNO3S/c19-13-5-7-14(8-6-13)20-17(21)12-3-9-15(10-4-12)23-18(22)16-2-1-11-24-16/h1-11H,(H,20,21). The van der Waals surface area contributed by atoms with Crippen LogP contribution in [0.25, 0.3) is 0 Å². The van der Waals surface area contributed by atoms with Gasteiger partial charge in [0.25, 0.3) is 5.91 Å². The SMILES string of the molecule is O=C(Nc1ccc(Cl)cc1)c1ccc(OC(=O)c2cccs2)cc1. The molecule has 1 N–H and O–H groups in total. The lowest BCUT2D eigenvalue weighted by molar-refractivity contribution is 0.0740. The van der Waals surface area contributed by atoms with Crippen molar-refractivity contribution in [2.75, 3.05) is 5.32 Å². The Kier molecular flexibility index (Phi) is 4.93. The maximum absolute atomic E-state index is 12.2. The molecule has 3 aromatic rings. The normalized spacial score (nSPS) is 10.2. The third-order valence-electron chi connectivity index (χ3n) is 3.15. The molecule has 6 heteroatoms. The van der Waals surface area contributed by atoms with Gasteiger partial charge in [-0.1, -0.05) is 17.7 Å². The highest BCUT2D eigenvalue weighted by Gasteiger charge is 2.11. The number of rotatable bonds is 4. The first kappa shape index (κ1) is 16.2. The minimum Gasteiger partial charge on any atom is -0.422 e. The summed E-state index contributed by atoms with van der Waals surface area (Å²) in [5.74, 6) is -0.284. The molecule has 24 heavy (non-hydrogen) atoms. The first-order valence-corrected chi connectivity index (χ1v) is 8.30. The van der Waals surface area contributed by atoms with Crippen LogP contribution in [0.3, 0.4) is 0 Å². The van der Waals surface area contributed by atoms with Crippen molar-refractivity contribution in [2.45, 2.75) is 0 Å². The highest BCUT2D eigenvalue weighted by molar-refractivity contribution is 7.12. The van der Waals surface area contributed by atoms with Gasteiger partial charge in [-0.05, 0) is 60.0 Å². The second kappa shape index (κ2) is 7.29. The molecular weight excluding hydrogens is 346 g/mol. The summed E-state index contributed by atoms with van der Waals surface area (Å²) in [6.45, 7) is 0. The monoisotopic (exact) mass is 357 g/mol. The lowest BCUT2D eigenvalue weighted by atomic mass is 10.2. The van der Waals surface area contributed by atoms with E-state index in [9.17, 15) is 9.59 Å². The van der Waals surface area contributed by atoms with Crippen molar-refractivity contribution in [3.8, 4) is 5.75 Å². The smallest absolute Gasteiger partial charge is 0.353 e. The van der Waals surface area contributed by atoms with Crippen molar-refractivity contribution in [2.24, 2.45) is 0 Å². The van der Waals surface area contributed by atoms with E-state index in [1.165, 1.54) is 11.3 Å². The van der Waals surface area contributed by atoms with Crippen molar-refractivity contribution in [3.63, 3.8) is 0 Å². The molecule has 1 aromatic heterocycles. The molecule has 2 aromatic carbocycles. The summed E-state index contributed by atoms with van der Waals surface area (Å²) in [5, 5.41) is 5.17. The zero-order valence-electron chi connectivity index (χ0n) is 12.4. The second-order valence-corrected chi connectivity index (χ2v) is 6.24. The number of hydrogen-bond donors (Lipinski definition) is 1. The second-order valence-electron chi connectivity index (χ2n) is 4.85. The van der Waals surface area contributed by atoms with Crippen LogP contribution in [-0.2, 0) is 0 Å². The molecule has 0 aliphatic heterocycles. The van der Waals surface area contributed by atoms with E-state index in [-0.39, 0.29) is 5.91 Å². The first-order chi connectivity index (χ1) is 11.6. The van der Waals surface area contributed by atoms with Crippen LogP contribution in [0.5, 0.6) is 5.75 Å². The molecule has 1 heterocycles. The number of benzene rings is 2. The van der Waals surface area contributed by atoms with Gasteiger partial charge in [0.05, 0.1) is 0 Å². The van der Waals surface area contributed by atoms with Crippen molar-refractivity contribution in [1.82, 2.24) is 0 Å². The molecular formula is C18H12ClNO3S. The number of halogens is 1. The van der Waals surface area contributed by atoms with Gasteiger partial charge in [0.2, 0.25) is 0 Å². The Morgan fingerprint density at radius 1 is 0.958 bits per heavy atom. The van der Waals surface area contributed by atoms with Crippen LogP contribution >= 0.6 is 22.9 Å². The van der Waals surface area contributed by atoms with Gasteiger partial charge in [-0.3, -0.25) is 4.79 Å². The Labute approximate surface area is 147 Å². The number of carbonyl (C=O) groups is 2. The molecule has 0 atom stereocenters. The zero-order valence-corrected chi connectivity index (χ0v) is 13.9. The highest BCUT2D eigenvalue weighted by atomic mass is 35.5. The number of carbonyl (C=O) groups excluding carboxylic acids is 2. The summed E-state index contributed by atoms with van der Waals surface area (Å²) >= 11 is 7.12. The Morgan fingerprint density at radius 2 is 1.67 bits per heavy atom. The molecule has 0 aliphatic rings. The van der Waals surface area contributed by atoms with Gasteiger partial charge in [-0.15, -0.1) is 11.3 Å². The third-order valence-corrected chi connectivity index (χ3v) is 4.25. The molecule has 0 spiro atoms. The largest absolute Gasteiger partial charge is 0.422 e. The predicted molar refractivity (Wildman–Crippen MR) is 95.1 cm³/mol. The number of anilines is 1. The quantitative estimate of drug-likeness (QED) is 0.535. The Hall–Kier alpha value is -2.63. The molecule has 120 valence electrons. The van der Waals surface area contributed by atoms with E-state index in [4.69, 9.17) is 16.3 Å². The van der Waals surface area contributed by atoms with E-state index in [0.29, 0.717) is 26.9 Å². The number of nitrogens with one attached hydrogen (secondary N) is 1. The lowest BCUT2D eigenvalue weighted by Gasteiger charge is -2.07. The summed E-state index contributed by atoms with van der Waals surface area (Å²) < 4.78 is 5.25. The number of amides is 1. The molecule has 1 amide bonds. The van der Waals surface area contributed by atoms with Crippen LogP contribution in [-0.4, -0.2) is 11.9 Å². The summed E-state index contributed by atoms with van der Waals surface area (Å²) in [4.78, 5) is 24.6. The fraction of sp³-hybridized carbons (Fsp3) is 0. The molecule has 0 saturated heterocycles. The molecule has 4 nitrogen and oxygen atoms in total. The van der Waals surface area contributed by atoms with Crippen LogP contribution in [0.1, 0.15) is 20.0 Å². The average molecular weight is 358 g/mol. The molecule has 0 unspecified atom stereocenters. The van der Waals surface area contributed by atoms with E-state index < -0.39 is 5.97 Å². The topological polar surface area (TPSA) is 55.4 Å². The average Bonchev–Trinajstić information content (AvgIpc) is 3.12.